The summed E-state index contributed by atoms with van der Waals surface area (Å²) in [6, 6.07) is 5.76. The Labute approximate surface area is 99.9 Å². The van der Waals surface area contributed by atoms with Crippen molar-refractivity contribution in [3.05, 3.63) is 47.0 Å². The van der Waals surface area contributed by atoms with E-state index in [0.717, 1.165) is 22.0 Å². The molecule has 0 bridgehead atoms. The summed E-state index contributed by atoms with van der Waals surface area (Å²) >= 11 is 6.10. The zero-order chi connectivity index (χ0) is 11.7. The maximum atomic E-state index is 6.10. The molecule has 1 atom stereocenters. The molecule has 1 aromatic heterocycles. The van der Waals surface area contributed by atoms with Crippen molar-refractivity contribution < 1.29 is 0 Å². The first-order valence-electron chi connectivity index (χ1n) is 5.14. The van der Waals surface area contributed by atoms with Crippen molar-refractivity contribution in [2.24, 2.45) is 5.73 Å². The number of nitrogens with two attached hydrogens (primary N) is 1. The smallest absolute Gasteiger partial charge is 0.0994 e. The number of rotatable bonds is 2. The zero-order valence-corrected chi connectivity index (χ0v) is 10.1. The fraction of sp³-hybridized carbons (Fsp3) is 0.250. The second kappa shape index (κ2) is 4.28. The quantitative estimate of drug-likeness (QED) is 0.870. The molecule has 1 aromatic carbocycles. The fourth-order valence-corrected chi connectivity index (χ4v) is 1.87. The van der Waals surface area contributed by atoms with Crippen molar-refractivity contribution in [3.63, 3.8) is 0 Å². The van der Waals surface area contributed by atoms with Gasteiger partial charge in [0.1, 0.15) is 0 Å². The first-order chi connectivity index (χ1) is 7.61. The second-order valence-corrected chi connectivity index (χ2v) is 4.27. The van der Waals surface area contributed by atoms with Crippen molar-refractivity contribution in [2.45, 2.75) is 19.9 Å². The molecule has 0 saturated heterocycles. The van der Waals surface area contributed by atoms with Gasteiger partial charge in [-0.15, -0.1) is 0 Å². The van der Waals surface area contributed by atoms with Gasteiger partial charge < -0.3 is 10.3 Å². The van der Waals surface area contributed by atoms with Gasteiger partial charge in [0.05, 0.1) is 23.9 Å². The predicted molar refractivity (Wildman–Crippen MR) is 65.9 cm³/mol. The van der Waals surface area contributed by atoms with Crippen molar-refractivity contribution in [1.29, 1.82) is 0 Å². The van der Waals surface area contributed by atoms with Crippen LogP contribution in [0.25, 0.3) is 5.69 Å². The molecular weight excluding hydrogens is 222 g/mol. The molecule has 0 fully saturated rings. The molecule has 0 saturated carbocycles. The normalized spacial score (nSPS) is 12.8. The van der Waals surface area contributed by atoms with Gasteiger partial charge >= 0.3 is 0 Å². The number of hydrogen-bond donors (Lipinski definition) is 1. The second-order valence-electron chi connectivity index (χ2n) is 3.86. The Balaban J connectivity index is 2.59. The lowest BCUT2D eigenvalue weighted by molar-refractivity contribution is 0.751. The third-order valence-electron chi connectivity index (χ3n) is 2.63. The minimum Gasteiger partial charge on any atom is -0.323 e. The van der Waals surface area contributed by atoms with Crippen LogP contribution in [0.3, 0.4) is 0 Å². The van der Waals surface area contributed by atoms with E-state index in [-0.39, 0.29) is 6.04 Å². The van der Waals surface area contributed by atoms with Crippen LogP contribution in [0.15, 0.2) is 30.7 Å². The number of aromatic nitrogens is 2. The van der Waals surface area contributed by atoms with Crippen molar-refractivity contribution in [2.75, 3.05) is 0 Å². The number of nitrogens with zero attached hydrogens (tertiary/aromatic N) is 2. The van der Waals surface area contributed by atoms with Crippen molar-refractivity contribution in [1.82, 2.24) is 9.55 Å². The highest BCUT2D eigenvalue weighted by Gasteiger charge is 2.11. The minimum absolute atomic E-state index is 0.0547. The van der Waals surface area contributed by atoms with Crippen molar-refractivity contribution in [3.8, 4) is 5.69 Å². The van der Waals surface area contributed by atoms with Crippen LogP contribution >= 0.6 is 11.6 Å². The lowest BCUT2D eigenvalue weighted by Gasteiger charge is -2.13. The van der Waals surface area contributed by atoms with E-state index in [4.69, 9.17) is 17.3 Å². The molecule has 0 spiro atoms. The number of benzene rings is 1. The number of imidazole rings is 1. The maximum Gasteiger partial charge on any atom is 0.0994 e. The Morgan fingerprint density at radius 3 is 2.88 bits per heavy atom. The molecule has 84 valence electrons. The van der Waals surface area contributed by atoms with E-state index in [1.807, 2.05) is 36.6 Å². The summed E-state index contributed by atoms with van der Waals surface area (Å²) in [6.45, 7) is 3.93. The molecule has 2 rings (SSSR count). The molecular formula is C12H14ClN3. The summed E-state index contributed by atoms with van der Waals surface area (Å²) in [5.41, 5.74) is 8.92. The molecule has 4 heteroatoms. The van der Waals surface area contributed by atoms with E-state index >= 15 is 0 Å². The van der Waals surface area contributed by atoms with Crippen molar-refractivity contribution >= 4 is 11.6 Å². The first-order valence-corrected chi connectivity index (χ1v) is 5.52. The van der Waals surface area contributed by atoms with Gasteiger partial charge in [-0.2, -0.15) is 0 Å². The van der Waals surface area contributed by atoms with E-state index < -0.39 is 0 Å². The lowest BCUT2D eigenvalue weighted by atomic mass is 10.2. The highest BCUT2D eigenvalue weighted by Crippen LogP contribution is 2.24. The molecule has 0 aliphatic heterocycles. The van der Waals surface area contributed by atoms with Gasteiger partial charge in [0.15, 0.2) is 0 Å². The monoisotopic (exact) mass is 235 g/mol. The van der Waals surface area contributed by atoms with Gasteiger partial charge in [-0.05, 0) is 31.5 Å². The Hall–Kier alpha value is -1.32. The van der Waals surface area contributed by atoms with E-state index in [1.165, 1.54) is 0 Å². The van der Waals surface area contributed by atoms with Gasteiger partial charge in [-0.3, -0.25) is 0 Å². The molecule has 0 aliphatic rings. The Morgan fingerprint density at radius 2 is 2.19 bits per heavy atom. The highest BCUT2D eigenvalue weighted by atomic mass is 35.5. The van der Waals surface area contributed by atoms with Gasteiger partial charge in [-0.25, -0.2) is 4.98 Å². The van der Waals surface area contributed by atoms with E-state index in [0.29, 0.717) is 0 Å². The Morgan fingerprint density at radius 1 is 1.44 bits per heavy atom. The van der Waals surface area contributed by atoms with Crippen LogP contribution in [-0.4, -0.2) is 9.55 Å². The fourth-order valence-electron chi connectivity index (χ4n) is 1.70. The van der Waals surface area contributed by atoms with Crippen LogP contribution in [0.2, 0.25) is 5.02 Å². The van der Waals surface area contributed by atoms with E-state index in [2.05, 4.69) is 4.98 Å². The van der Waals surface area contributed by atoms with Crippen LogP contribution in [0.4, 0.5) is 0 Å². The van der Waals surface area contributed by atoms with Crippen LogP contribution in [0.5, 0.6) is 0 Å². The first kappa shape index (κ1) is 11.2. The summed E-state index contributed by atoms with van der Waals surface area (Å²) < 4.78 is 1.98. The van der Waals surface area contributed by atoms with Crippen LogP contribution in [-0.2, 0) is 0 Å². The summed E-state index contributed by atoms with van der Waals surface area (Å²) in [6.07, 6.45) is 3.54. The van der Waals surface area contributed by atoms with Gasteiger partial charge in [0, 0.05) is 11.1 Å². The Bertz CT molecular complexity index is 503. The van der Waals surface area contributed by atoms with E-state index in [9.17, 15) is 0 Å². The van der Waals surface area contributed by atoms with Crippen LogP contribution in [0, 0.1) is 6.92 Å². The maximum absolute atomic E-state index is 6.10. The van der Waals surface area contributed by atoms with Gasteiger partial charge in [0.2, 0.25) is 0 Å². The zero-order valence-electron chi connectivity index (χ0n) is 9.31. The molecule has 0 unspecified atom stereocenters. The topological polar surface area (TPSA) is 43.8 Å². The molecule has 1 heterocycles. The largest absolute Gasteiger partial charge is 0.323 e. The number of halogens is 1. The van der Waals surface area contributed by atoms with E-state index in [1.54, 1.807) is 12.5 Å². The number of hydrogen-bond acceptors (Lipinski definition) is 2. The van der Waals surface area contributed by atoms with Crippen LogP contribution in [0.1, 0.15) is 24.2 Å². The Kier molecular flexibility index (Phi) is 2.99. The minimum atomic E-state index is -0.0547. The molecule has 0 radical (unpaired) electrons. The summed E-state index contributed by atoms with van der Waals surface area (Å²) in [7, 11) is 0. The predicted octanol–water partition coefficient (Wildman–Crippen LogP) is 2.85. The summed E-state index contributed by atoms with van der Waals surface area (Å²) in [5, 5.41) is 0.752. The lowest BCUT2D eigenvalue weighted by Crippen LogP contribution is -2.11. The average molecular weight is 236 g/mol. The third-order valence-corrected chi connectivity index (χ3v) is 3.04. The van der Waals surface area contributed by atoms with Crippen LogP contribution < -0.4 is 5.73 Å². The SMILES string of the molecule is Cc1c(Cl)cccc1-n1cncc1[C@@H](C)N. The standard InChI is InChI=1S/C12H14ClN3/c1-8-10(13)4-3-5-11(8)16-7-15-6-12(16)9(2)14/h3-7,9H,14H2,1-2H3/t9-/m1/s1. The molecule has 3 nitrogen and oxygen atoms in total. The molecule has 2 N–H and O–H groups in total. The third kappa shape index (κ3) is 1.84. The molecule has 16 heavy (non-hydrogen) atoms. The van der Waals surface area contributed by atoms with Gasteiger partial charge in [0.25, 0.3) is 0 Å². The average Bonchev–Trinajstić information content (AvgIpc) is 2.70. The highest BCUT2D eigenvalue weighted by molar-refractivity contribution is 6.31. The molecule has 0 aliphatic carbocycles. The molecule has 2 aromatic rings. The summed E-state index contributed by atoms with van der Waals surface area (Å²) in [4.78, 5) is 4.13. The summed E-state index contributed by atoms with van der Waals surface area (Å²) in [5.74, 6) is 0. The van der Waals surface area contributed by atoms with Gasteiger partial charge in [-0.1, -0.05) is 17.7 Å². The molecule has 0 amide bonds.